The molecule has 0 aliphatic carbocycles. The van der Waals surface area contributed by atoms with E-state index >= 15 is 0 Å². The molecule has 0 amide bonds. The minimum absolute atomic E-state index is 0.0453. The second kappa shape index (κ2) is 7.59. The Hall–Kier alpha value is -3.16. The number of nitrogens with zero attached hydrogens (tertiary/aromatic N) is 6. The maximum absolute atomic E-state index is 9.92. The molecule has 0 saturated carbocycles. The van der Waals surface area contributed by atoms with Crippen LogP contribution in [0.3, 0.4) is 0 Å². The number of nitrogens with one attached hydrogen (secondary N) is 1. The van der Waals surface area contributed by atoms with Crippen LogP contribution in [0.2, 0.25) is 0 Å². The molecule has 10 nitrogen and oxygen atoms in total. The first kappa shape index (κ1) is 20.1. The van der Waals surface area contributed by atoms with Crippen LogP contribution < -0.4 is 10.1 Å². The molecular weight excluding hydrogens is 386 g/mol. The van der Waals surface area contributed by atoms with Crippen molar-refractivity contribution in [2.24, 2.45) is 13.0 Å². The number of hydrogen-bond donors (Lipinski definition) is 2. The Kier molecular flexibility index (Phi) is 5.09. The fraction of sp³-hybridized carbons (Fsp3) is 0.500. The lowest BCUT2D eigenvalue weighted by molar-refractivity contribution is 0.0269. The van der Waals surface area contributed by atoms with Crippen molar-refractivity contribution in [3.05, 3.63) is 24.2 Å². The molecule has 2 atom stereocenters. The van der Waals surface area contributed by atoms with E-state index < -0.39 is 5.60 Å². The van der Waals surface area contributed by atoms with Crippen molar-refractivity contribution >= 4 is 22.7 Å². The maximum Gasteiger partial charge on any atom is 0.257 e. The average molecular weight is 411 g/mol. The summed E-state index contributed by atoms with van der Waals surface area (Å²) in [6.07, 6.45) is 3.44. The van der Waals surface area contributed by atoms with Crippen molar-refractivity contribution < 1.29 is 14.6 Å². The highest BCUT2D eigenvalue weighted by Crippen LogP contribution is 2.32. The summed E-state index contributed by atoms with van der Waals surface area (Å²) in [5.41, 5.74) is 0.805. The Morgan fingerprint density at radius 3 is 2.90 bits per heavy atom. The van der Waals surface area contributed by atoms with E-state index in [0.29, 0.717) is 42.1 Å². The molecule has 3 aromatic rings. The minimum Gasteiger partial charge on any atom is -0.472 e. The summed E-state index contributed by atoms with van der Waals surface area (Å²) in [5, 5.41) is 27.7. The molecule has 3 aromatic heterocycles. The van der Waals surface area contributed by atoms with Gasteiger partial charge >= 0.3 is 0 Å². The van der Waals surface area contributed by atoms with Gasteiger partial charge in [-0.25, -0.2) is 4.98 Å². The van der Waals surface area contributed by atoms with Crippen LogP contribution in [-0.4, -0.2) is 54.8 Å². The summed E-state index contributed by atoms with van der Waals surface area (Å²) in [6.45, 7) is 6.72. The maximum atomic E-state index is 9.92. The molecule has 4 rings (SSSR count). The Morgan fingerprint density at radius 1 is 1.43 bits per heavy atom. The lowest BCUT2D eigenvalue weighted by Gasteiger charge is -2.18. The summed E-state index contributed by atoms with van der Waals surface area (Å²) in [4.78, 5) is 9.05. The third-order valence-electron chi connectivity index (χ3n) is 4.95. The summed E-state index contributed by atoms with van der Waals surface area (Å²) in [5.74, 6) is 0.979. The Labute approximate surface area is 174 Å². The van der Waals surface area contributed by atoms with Gasteiger partial charge in [-0.15, -0.1) is 5.10 Å². The normalized spacial score (nSPS) is 19.2. The quantitative estimate of drug-likeness (QED) is 0.632. The van der Waals surface area contributed by atoms with Crippen LogP contribution >= 0.6 is 0 Å². The lowest BCUT2D eigenvalue weighted by Crippen LogP contribution is -2.28. The van der Waals surface area contributed by atoms with Gasteiger partial charge in [0, 0.05) is 24.5 Å². The van der Waals surface area contributed by atoms with Gasteiger partial charge in [0.05, 0.1) is 31.1 Å². The van der Waals surface area contributed by atoms with E-state index in [4.69, 9.17) is 9.47 Å². The van der Waals surface area contributed by atoms with E-state index in [0.717, 1.165) is 5.39 Å². The molecule has 0 spiro atoms. The van der Waals surface area contributed by atoms with Gasteiger partial charge < -0.3 is 24.5 Å². The van der Waals surface area contributed by atoms with Crippen molar-refractivity contribution in [3.8, 4) is 11.9 Å². The van der Waals surface area contributed by atoms with Crippen LogP contribution in [0.25, 0.3) is 11.0 Å². The summed E-state index contributed by atoms with van der Waals surface area (Å²) in [6, 6.07) is 4.10. The first-order valence-corrected chi connectivity index (χ1v) is 9.77. The topological polar surface area (TPSA) is 123 Å². The molecular formula is C20H25N7O3. The van der Waals surface area contributed by atoms with Crippen LogP contribution in [0.1, 0.15) is 32.5 Å². The molecule has 0 bridgehead atoms. The van der Waals surface area contributed by atoms with Crippen molar-refractivity contribution in [1.82, 2.24) is 24.3 Å². The van der Waals surface area contributed by atoms with Crippen molar-refractivity contribution in [2.75, 3.05) is 25.1 Å². The van der Waals surface area contributed by atoms with E-state index in [1.165, 1.54) is 0 Å². The number of hydrogen-bond acceptors (Lipinski definition) is 8. The van der Waals surface area contributed by atoms with E-state index in [-0.39, 0.29) is 18.6 Å². The van der Waals surface area contributed by atoms with E-state index in [2.05, 4.69) is 33.4 Å². The number of rotatable bonds is 6. The third-order valence-corrected chi connectivity index (χ3v) is 4.95. The minimum atomic E-state index is -0.987. The first-order chi connectivity index (χ1) is 14.2. The molecule has 1 aliphatic rings. The molecule has 30 heavy (non-hydrogen) atoms. The summed E-state index contributed by atoms with van der Waals surface area (Å²) in [7, 11) is 1.78. The SMILES string of the molecule is C[C@H]1COC[C@@H]1n1c(C#N)cc2cnc(Nc3cn(C)nc3OCC(C)(C)O)nc21. The molecule has 0 aromatic carbocycles. The molecule has 4 heterocycles. The van der Waals surface area contributed by atoms with Crippen LogP contribution in [0, 0.1) is 17.2 Å². The van der Waals surface area contributed by atoms with Gasteiger partial charge in [-0.2, -0.15) is 10.2 Å². The van der Waals surface area contributed by atoms with Gasteiger partial charge in [-0.3, -0.25) is 4.68 Å². The number of ether oxygens (including phenoxy) is 2. The summed E-state index contributed by atoms with van der Waals surface area (Å²) >= 11 is 0. The van der Waals surface area contributed by atoms with Gasteiger partial charge in [-0.1, -0.05) is 6.92 Å². The van der Waals surface area contributed by atoms with Crippen molar-refractivity contribution in [3.63, 3.8) is 0 Å². The van der Waals surface area contributed by atoms with Crippen molar-refractivity contribution in [1.29, 1.82) is 5.26 Å². The Morgan fingerprint density at radius 2 is 2.23 bits per heavy atom. The smallest absolute Gasteiger partial charge is 0.257 e. The number of aliphatic hydroxyl groups is 1. The largest absolute Gasteiger partial charge is 0.472 e. The molecule has 1 fully saturated rings. The lowest BCUT2D eigenvalue weighted by atomic mass is 10.1. The molecule has 158 valence electrons. The van der Waals surface area contributed by atoms with E-state index in [1.54, 1.807) is 44.0 Å². The molecule has 2 N–H and O–H groups in total. The Balaban J connectivity index is 1.67. The van der Waals surface area contributed by atoms with E-state index in [1.807, 2.05) is 4.57 Å². The van der Waals surface area contributed by atoms with E-state index in [9.17, 15) is 10.4 Å². The monoisotopic (exact) mass is 411 g/mol. The second-order valence-electron chi connectivity index (χ2n) is 8.31. The Bertz CT molecular complexity index is 1110. The predicted molar refractivity (Wildman–Crippen MR) is 110 cm³/mol. The molecule has 0 unspecified atom stereocenters. The third kappa shape index (κ3) is 3.94. The zero-order chi connectivity index (χ0) is 21.5. The molecule has 10 heteroatoms. The second-order valence-corrected chi connectivity index (χ2v) is 8.31. The standard InChI is InChI=1S/C20H25N7O3/c1-12-9-29-10-16(12)27-14(6-21)5-13-7-22-19(24-17(13)27)23-15-8-26(4)25-18(15)30-11-20(2,3)28/h5,7-8,12,16,28H,9-11H2,1-4H3,(H,22,23,24)/t12-,16-/m0/s1. The highest BCUT2D eigenvalue weighted by Gasteiger charge is 2.29. The van der Waals surface area contributed by atoms with Gasteiger partial charge in [0.1, 0.15) is 29.7 Å². The number of aryl methyl sites for hydroxylation is 1. The van der Waals surface area contributed by atoms with Crippen molar-refractivity contribution in [2.45, 2.75) is 32.4 Å². The summed E-state index contributed by atoms with van der Waals surface area (Å²) < 4.78 is 14.8. The zero-order valence-corrected chi connectivity index (χ0v) is 17.5. The first-order valence-electron chi connectivity index (χ1n) is 9.77. The number of anilines is 2. The van der Waals surface area contributed by atoms with Crippen LogP contribution in [-0.2, 0) is 11.8 Å². The van der Waals surface area contributed by atoms with Gasteiger partial charge in [0.25, 0.3) is 5.88 Å². The van der Waals surface area contributed by atoms with Crippen LogP contribution in [0.15, 0.2) is 18.5 Å². The molecule has 0 radical (unpaired) electrons. The highest BCUT2D eigenvalue weighted by molar-refractivity contribution is 5.79. The fourth-order valence-corrected chi connectivity index (χ4v) is 3.49. The van der Waals surface area contributed by atoms with Crippen LogP contribution in [0.4, 0.5) is 11.6 Å². The molecule has 1 saturated heterocycles. The highest BCUT2D eigenvalue weighted by atomic mass is 16.5. The average Bonchev–Trinajstić information content (AvgIpc) is 3.35. The number of fused-ring (bicyclic) bond motifs is 1. The molecule has 1 aliphatic heterocycles. The van der Waals surface area contributed by atoms with Gasteiger partial charge in [0.2, 0.25) is 5.95 Å². The zero-order valence-electron chi connectivity index (χ0n) is 17.5. The van der Waals surface area contributed by atoms with Gasteiger partial charge in [0.15, 0.2) is 0 Å². The number of nitriles is 1. The predicted octanol–water partition coefficient (Wildman–Crippen LogP) is 2.14. The van der Waals surface area contributed by atoms with Gasteiger partial charge in [-0.05, 0) is 19.9 Å². The number of aromatic nitrogens is 5. The fourth-order valence-electron chi connectivity index (χ4n) is 3.49. The van der Waals surface area contributed by atoms with Crippen LogP contribution in [0.5, 0.6) is 5.88 Å².